The third kappa shape index (κ3) is 3.70. The molecule has 2 aliphatic rings. The number of aliphatic hydroxyl groups is 1. The predicted octanol–water partition coefficient (Wildman–Crippen LogP) is 1.28. The molecule has 146 valence electrons. The van der Waals surface area contributed by atoms with E-state index >= 15 is 0 Å². The minimum Gasteiger partial charge on any atom is -0.468 e. The summed E-state index contributed by atoms with van der Waals surface area (Å²) in [4.78, 5) is 39.9. The molecule has 2 rings (SSSR count). The van der Waals surface area contributed by atoms with Crippen LogP contribution in [0.3, 0.4) is 0 Å². The lowest BCUT2D eigenvalue weighted by atomic mass is 9.95. The van der Waals surface area contributed by atoms with Gasteiger partial charge in [-0.1, -0.05) is 19.1 Å². The van der Waals surface area contributed by atoms with E-state index in [9.17, 15) is 19.5 Å². The monoisotopic (exact) mass is 368 g/mol. The molecule has 0 aromatic carbocycles. The number of carbonyl (C=O) groups is 3. The lowest BCUT2D eigenvalue weighted by Crippen LogP contribution is -2.62. The Morgan fingerprint density at radius 2 is 2.00 bits per heavy atom. The normalized spacial score (nSPS) is 28.6. The molecule has 26 heavy (non-hydrogen) atoms. The van der Waals surface area contributed by atoms with Gasteiger partial charge in [-0.15, -0.1) is 0 Å². The van der Waals surface area contributed by atoms with Gasteiger partial charge in [0.2, 0.25) is 5.72 Å². The number of carbonyl (C=O) groups excluding carboxylic acids is 3. The maximum absolute atomic E-state index is 13.2. The number of ether oxygens (including phenoxy) is 2. The van der Waals surface area contributed by atoms with Crippen LogP contribution in [-0.4, -0.2) is 70.4 Å². The number of fused-ring (bicyclic) bond motifs is 1. The molecule has 3 atom stereocenters. The first-order valence-corrected chi connectivity index (χ1v) is 8.83. The predicted molar refractivity (Wildman–Crippen MR) is 92.9 cm³/mol. The molecule has 0 aromatic rings. The number of rotatable bonds is 3. The van der Waals surface area contributed by atoms with E-state index in [1.807, 2.05) is 13.0 Å². The third-order valence-electron chi connectivity index (χ3n) is 4.69. The van der Waals surface area contributed by atoms with Crippen LogP contribution in [0.5, 0.6) is 0 Å². The van der Waals surface area contributed by atoms with Crippen molar-refractivity contribution in [2.24, 2.45) is 5.92 Å². The first-order valence-electron chi connectivity index (χ1n) is 8.83. The number of nitrogens with zero attached hydrogens (tertiary/aromatic N) is 2. The van der Waals surface area contributed by atoms with Crippen molar-refractivity contribution in [1.29, 1.82) is 0 Å². The van der Waals surface area contributed by atoms with Crippen LogP contribution in [-0.2, 0) is 19.1 Å². The van der Waals surface area contributed by atoms with Crippen molar-refractivity contribution in [3.63, 3.8) is 0 Å². The minimum atomic E-state index is -2.07. The molecule has 0 aliphatic carbocycles. The van der Waals surface area contributed by atoms with Crippen molar-refractivity contribution in [1.82, 2.24) is 9.80 Å². The summed E-state index contributed by atoms with van der Waals surface area (Å²) in [7, 11) is 1.24. The van der Waals surface area contributed by atoms with E-state index in [-0.39, 0.29) is 19.1 Å². The molecular formula is C18H28N2O6. The summed E-state index contributed by atoms with van der Waals surface area (Å²) in [5.74, 6) is -1.83. The molecule has 8 nitrogen and oxygen atoms in total. The summed E-state index contributed by atoms with van der Waals surface area (Å²) < 4.78 is 10.0. The van der Waals surface area contributed by atoms with Crippen molar-refractivity contribution in [3.05, 3.63) is 12.2 Å². The fourth-order valence-corrected chi connectivity index (χ4v) is 3.37. The molecule has 0 bridgehead atoms. The van der Waals surface area contributed by atoms with E-state index in [0.29, 0.717) is 12.8 Å². The van der Waals surface area contributed by atoms with Gasteiger partial charge in [0, 0.05) is 12.5 Å². The van der Waals surface area contributed by atoms with Gasteiger partial charge >= 0.3 is 12.1 Å². The van der Waals surface area contributed by atoms with E-state index in [2.05, 4.69) is 4.74 Å². The molecule has 2 amide bonds. The number of amides is 2. The molecule has 0 radical (unpaired) electrons. The Labute approximate surface area is 153 Å². The molecule has 0 saturated carbocycles. The van der Waals surface area contributed by atoms with Gasteiger partial charge in [-0.05, 0) is 33.6 Å². The summed E-state index contributed by atoms with van der Waals surface area (Å²) >= 11 is 0. The van der Waals surface area contributed by atoms with Crippen LogP contribution in [0, 0.1) is 5.92 Å². The standard InChI is InChI=1S/C18H28N2O6/c1-6-13-8-7-12-9-10-20(16(23)26-17(2,3)4)18(12,24)15(22)19(13)11-14(21)25-5/h7-8,12-13,24H,6,9-11H2,1-5H3/t12-,13+,18+/m0/s1. The van der Waals surface area contributed by atoms with Crippen molar-refractivity contribution in [2.45, 2.75) is 57.9 Å². The lowest BCUT2D eigenvalue weighted by molar-refractivity contribution is -0.175. The molecule has 1 saturated heterocycles. The van der Waals surface area contributed by atoms with Crippen LogP contribution in [0.1, 0.15) is 40.5 Å². The highest BCUT2D eigenvalue weighted by Gasteiger charge is 2.58. The molecule has 0 unspecified atom stereocenters. The first-order chi connectivity index (χ1) is 12.0. The number of hydrogen-bond acceptors (Lipinski definition) is 6. The smallest absolute Gasteiger partial charge is 0.413 e. The molecule has 1 N–H and O–H groups in total. The second kappa shape index (κ2) is 7.26. The average Bonchev–Trinajstić information content (AvgIpc) is 2.85. The first kappa shape index (κ1) is 20.2. The maximum Gasteiger partial charge on any atom is 0.413 e. The van der Waals surface area contributed by atoms with Crippen molar-refractivity contribution < 1.29 is 29.0 Å². The Hall–Kier alpha value is -2.09. The third-order valence-corrected chi connectivity index (χ3v) is 4.69. The summed E-state index contributed by atoms with van der Waals surface area (Å²) in [6.07, 6.45) is 3.81. The number of likely N-dealkylation sites (tertiary alicyclic amines) is 1. The van der Waals surface area contributed by atoms with Crippen LogP contribution in [0.15, 0.2) is 12.2 Å². The van der Waals surface area contributed by atoms with Crippen molar-refractivity contribution >= 4 is 18.0 Å². The maximum atomic E-state index is 13.2. The van der Waals surface area contributed by atoms with Crippen LogP contribution < -0.4 is 0 Å². The van der Waals surface area contributed by atoms with Crippen LogP contribution >= 0.6 is 0 Å². The fraction of sp³-hybridized carbons (Fsp3) is 0.722. The van der Waals surface area contributed by atoms with Gasteiger partial charge in [0.1, 0.15) is 12.1 Å². The van der Waals surface area contributed by atoms with Crippen molar-refractivity contribution in [3.8, 4) is 0 Å². The van der Waals surface area contributed by atoms with Crippen LogP contribution in [0.2, 0.25) is 0 Å². The highest BCUT2D eigenvalue weighted by Crippen LogP contribution is 2.39. The van der Waals surface area contributed by atoms with E-state index in [0.717, 1.165) is 4.90 Å². The zero-order valence-electron chi connectivity index (χ0n) is 16.0. The number of hydrogen-bond donors (Lipinski definition) is 1. The summed E-state index contributed by atoms with van der Waals surface area (Å²) in [6.45, 7) is 6.92. The van der Waals surface area contributed by atoms with E-state index < -0.39 is 35.2 Å². The summed E-state index contributed by atoms with van der Waals surface area (Å²) in [5, 5.41) is 11.3. The summed E-state index contributed by atoms with van der Waals surface area (Å²) in [5.41, 5.74) is -2.83. The van der Waals surface area contributed by atoms with Gasteiger partial charge in [-0.2, -0.15) is 0 Å². The fourth-order valence-electron chi connectivity index (χ4n) is 3.37. The Morgan fingerprint density at radius 3 is 2.54 bits per heavy atom. The Morgan fingerprint density at radius 1 is 1.35 bits per heavy atom. The number of esters is 1. The molecule has 2 heterocycles. The van der Waals surface area contributed by atoms with Gasteiger partial charge in [0.15, 0.2) is 0 Å². The average molecular weight is 368 g/mol. The Kier molecular flexibility index (Phi) is 5.65. The Balaban J connectivity index is 2.38. The SMILES string of the molecule is CC[C@@H]1C=C[C@H]2CCN(C(=O)OC(C)(C)C)[C@]2(O)C(=O)N1CC(=O)OC. The van der Waals surface area contributed by atoms with Crippen LogP contribution in [0.4, 0.5) is 4.79 Å². The molecule has 2 aliphatic heterocycles. The molecular weight excluding hydrogens is 340 g/mol. The highest BCUT2D eigenvalue weighted by atomic mass is 16.6. The minimum absolute atomic E-state index is 0.189. The van der Waals surface area contributed by atoms with Crippen LogP contribution in [0.25, 0.3) is 0 Å². The topological polar surface area (TPSA) is 96.4 Å². The summed E-state index contributed by atoms with van der Waals surface area (Å²) in [6, 6.07) is -0.364. The van der Waals surface area contributed by atoms with Gasteiger partial charge in [0.25, 0.3) is 5.91 Å². The van der Waals surface area contributed by atoms with E-state index in [1.165, 1.54) is 12.0 Å². The van der Waals surface area contributed by atoms with E-state index in [4.69, 9.17) is 4.74 Å². The Bertz CT molecular complexity index is 611. The van der Waals surface area contributed by atoms with E-state index in [1.54, 1.807) is 26.8 Å². The zero-order chi connectivity index (χ0) is 19.7. The van der Waals surface area contributed by atoms with Gasteiger partial charge < -0.3 is 19.5 Å². The largest absolute Gasteiger partial charge is 0.468 e. The van der Waals surface area contributed by atoms with Crippen molar-refractivity contribution in [2.75, 3.05) is 20.2 Å². The molecule has 0 spiro atoms. The molecule has 1 fully saturated rings. The quantitative estimate of drug-likeness (QED) is 0.595. The van der Waals surface area contributed by atoms with Gasteiger partial charge in [-0.25, -0.2) is 4.79 Å². The van der Waals surface area contributed by atoms with Gasteiger partial charge in [-0.3, -0.25) is 14.5 Å². The second-order valence-electron chi connectivity index (χ2n) is 7.62. The number of methoxy groups -OCH3 is 1. The van der Waals surface area contributed by atoms with Gasteiger partial charge in [0.05, 0.1) is 13.2 Å². The highest BCUT2D eigenvalue weighted by molar-refractivity contribution is 5.92. The lowest BCUT2D eigenvalue weighted by Gasteiger charge is -2.39. The zero-order valence-corrected chi connectivity index (χ0v) is 16.0. The molecule has 8 heteroatoms. The molecule has 0 aromatic heterocycles. The second-order valence-corrected chi connectivity index (χ2v) is 7.62.